The molecular formula is C19H17N3O2S. The zero-order valence-electron chi connectivity index (χ0n) is 13.7. The van der Waals surface area contributed by atoms with Crippen molar-refractivity contribution in [3.8, 4) is 22.6 Å². The minimum atomic E-state index is 0.652. The standard InChI is InChI=1S/C19H17N3O2S/c1-23-10-9-20-19-22-15-8-7-14(11-16(15)25-19)18-17(21-12-24-18)13-5-3-2-4-6-13/h2-8,11-12H,9-10H2,1H3,(H,20,22). The third-order valence-electron chi connectivity index (χ3n) is 3.85. The highest BCUT2D eigenvalue weighted by molar-refractivity contribution is 7.22. The highest BCUT2D eigenvalue weighted by Crippen LogP contribution is 2.34. The lowest BCUT2D eigenvalue weighted by Gasteiger charge is -2.01. The number of nitrogens with zero attached hydrogens (tertiary/aromatic N) is 2. The van der Waals surface area contributed by atoms with E-state index < -0.39 is 0 Å². The minimum Gasteiger partial charge on any atom is -0.443 e. The normalized spacial score (nSPS) is 11.1. The minimum absolute atomic E-state index is 0.652. The fourth-order valence-corrected chi connectivity index (χ4v) is 3.58. The van der Waals surface area contributed by atoms with E-state index in [9.17, 15) is 0 Å². The molecule has 0 saturated carbocycles. The molecule has 0 radical (unpaired) electrons. The van der Waals surface area contributed by atoms with E-state index in [1.165, 1.54) is 6.39 Å². The van der Waals surface area contributed by atoms with Crippen LogP contribution in [0.25, 0.3) is 32.8 Å². The molecule has 4 rings (SSSR count). The van der Waals surface area contributed by atoms with Crippen LogP contribution in [-0.4, -0.2) is 30.2 Å². The van der Waals surface area contributed by atoms with E-state index in [-0.39, 0.29) is 0 Å². The van der Waals surface area contributed by atoms with Gasteiger partial charge in [-0.05, 0) is 18.2 Å². The summed E-state index contributed by atoms with van der Waals surface area (Å²) in [5.41, 5.74) is 3.85. The van der Waals surface area contributed by atoms with Gasteiger partial charge in [-0.1, -0.05) is 41.7 Å². The van der Waals surface area contributed by atoms with Crippen LogP contribution in [0.1, 0.15) is 0 Å². The Morgan fingerprint density at radius 2 is 2.00 bits per heavy atom. The molecule has 0 aliphatic heterocycles. The van der Waals surface area contributed by atoms with E-state index in [1.807, 2.05) is 42.5 Å². The highest BCUT2D eigenvalue weighted by Gasteiger charge is 2.14. The van der Waals surface area contributed by atoms with E-state index in [2.05, 4.69) is 21.4 Å². The topological polar surface area (TPSA) is 60.2 Å². The van der Waals surface area contributed by atoms with Crippen molar-refractivity contribution in [2.24, 2.45) is 0 Å². The van der Waals surface area contributed by atoms with Crippen molar-refractivity contribution in [3.05, 3.63) is 54.9 Å². The molecule has 0 bridgehead atoms. The SMILES string of the molecule is COCCNc1nc2ccc(-c3ocnc3-c3ccccc3)cc2s1. The summed E-state index contributed by atoms with van der Waals surface area (Å²) in [6, 6.07) is 16.2. The Hall–Kier alpha value is -2.70. The highest BCUT2D eigenvalue weighted by atomic mass is 32.1. The summed E-state index contributed by atoms with van der Waals surface area (Å²) >= 11 is 1.62. The lowest BCUT2D eigenvalue weighted by atomic mass is 10.1. The van der Waals surface area contributed by atoms with Crippen LogP contribution in [0.5, 0.6) is 0 Å². The second-order valence-electron chi connectivity index (χ2n) is 5.52. The Bertz CT molecular complexity index is 979. The van der Waals surface area contributed by atoms with Crippen molar-refractivity contribution < 1.29 is 9.15 Å². The lowest BCUT2D eigenvalue weighted by molar-refractivity contribution is 0.211. The molecule has 0 atom stereocenters. The molecule has 2 aromatic heterocycles. The van der Waals surface area contributed by atoms with Gasteiger partial charge in [-0.3, -0.25) is 0 Å². The zero-order valence-corrected chi connectivity index (χ0v) is 14.5. The molecule has 5 nitrogen and oxygen atoms in total. The first-order valence-corrected chi connectivity index (χ1v) is 8.79. The molecule has 0 unspecified atom stereocenters. The molecule has 4 aromatic rings. The predicted molar refractivity (Wildman–Crippen MR) is 101 cm³/mol. The Kier molecular flexibility index (Phi) is 4.45. The van der Waals surface area contributed by atoms with Gasteiger partial charge in [-0.2, -0.15) is 0 Å². The van der Waals surface area contributed by atoms with Crippen LogP contribution >= 0.6 is 11.3 Å². The quantitative estimate of drug-likeness (QED) is 0.511. The molecule has 0 fully saturated rings. The summed E-state index contributed by atoms with van der Waals surface area (Å²) in [5, 5.41) is 4.17. The molecule has 6 heteroatoms. The van der Waals surface area contributed by atoms with Crippen molar-refractivity contribution >= 4 is 26.7 Å². The fraction of sp³-hybridized carbons (Fsp3) is 0.158. The molecule has 2 heterocycles. The number of anilines is 1. The largest absolute Gasteiger partial charge is 0.443 e. The van der Waals surface area contributed by atoms with E-state index >= 15 is 0 Å². The predicted octanol–water partition coefficient (Wildman–Crippen LogP) is 4.68. The van der Waals surface area contributed by atoms with Gasteiger partial charge in [-0.25, -0.2) is 9.97 Å². The third kappa shape index (κ3) is 3.26. The molecule has 25 heavy (non-hydrogen) atoms. The van der Waals surface area contributed by atoms with Gasteiger partial charge in [0.05, 0.1) is 16.8 Å². The summed E-state index contributed by atoms with van der Waals surface area (Å²) in [4.78, 5) is 8.99. The number of aromatic nitrogens is 2. The van der Waals surface area contributed by atoms with Crippen LogP contribution in [0, 0.1) is 0 Å². The van der Waals surface area contributed by atoms with Gasteiger partial charge >= 0.3 is 0 Å². The van der Waals surface area contributed by atoms with Crippen LogP contribution in [0.4, 0.5) is 5.13 Å². The van der Waals surface area contributed by atoms with Crippen molar-refractivity contribution in [2.45, 2.75) is 0 Å². The monoisotopic (exact) mass is 351 g/mol. The van der Waals surface area contributed by atoms with Gasteiger partial charge in [0.1, 0.15) is 5.69 Å². The summed E-state index contributed by atoms with van der Waals surface area (Å²) in [5.74, 6) is 0.774. The first-order chi connectivity index (χ1) is 12.3. The number of ether oxygens (including phenoxy) is 1. The Morgan fingerprint density at radius 1 is 1.12 bits per heavy atom. The molecule has 0 aliphatic rings. The summed E-state index contributed by atoms with van der Waals surface area (Å²) in [6.07, 6.45) is 1.49. The number of methoxy groups -OCH3 is 1. The van der Waals surface area contributed by atoms with Crippen molar-refractivity contribution in [3.63, 3.8) is 0 Å². The molecule has 0 aliphatic carbocycles. The van der Waals surface area contributed by atoms with Crippen molar-refractivity contribution in [1.82, 2.24) is 9.97 Å². The number of benzene rings is 2. The number of hydrogen-bond acceptors (Lipinski definition) is 6. The smallest absolute Gasteiger partial charge is 0.183 e. The first-order valence-electron chi connectivity index (χ1n) is 7.98. The summed E-state index contributed by atoms with van der Waals surface area (Å²) in [7, 11) is 1.69. The second-order valence-corrected chi connectivity index (χ2v) is 6.55. The summed E-state index contributed by atoms with van der Waals surface area (Å²) < 4.78 is 11.8. The number of fused-ring (bicyclic) bond motifs is 1. The molecular weight excluding hydrogens is 334 g/mol. The number of rotatable bonds is 6. The molecule has 0 saturated heterocycles. The van der Waals surface area contributed by atoms with Gasteiger partial charge in [0.2, 0.25) is 0 Å². The fourth-order valence-electron chi connectivity index (χ4n) is 2.65. The van der Waals surface area contributed by atoms with Crippen molar-refractivity contribution in [2.75, 3.05) is 25.6 Å². The number of thiazole rings is 1. The number of hydrogen-bond donors (Lipinski definition) is 1. The van der Waals surface area contributed by atoms with E-state index in [4.69, 9.17) is 9.15 Å². The lowest BCUT2D eigenvalue weighted by Crippen LogP contribution is -2.06. The Morgan fingerprint density at radius 3 is 2.84 bits per heavy atom. The van der Waals surface area contributed by atoms with Gasteiger partial charge < -0.3 is 14.5 Å². The number of oxazole rings is 1. The van der Waals surface area contributed by atoms with Gasteiger partial charge in [0.15, 0.2) is 17.3 Å². The van der Waals surface area contributed by atoms with E-state index in [0.29, 0.717) is 6.61 Å². The zero-order chi connectivity index (χ0) is 17.1. The molecule has 0 spiro atoms. The van der Waals surface area contributed by atoms with Crippen LogP contribution in [0.15, 0.2) is 59.3 Å². The number of nitrogens with one attached hydrogen (secondary N) is 1. The van der Waals surface area contributed by atoms with Crippen LogP contribution in [0.2, 0.25) is 0 Å². The van der Waals surface area contributed by atoms with Crippen LogP contribution < -0.4 is 5.32 Å². The van der Waals surface area contributed by atoms with Gasteiger partial charge in [-0.15, -0.1) is 0 Å². The molecule has 126 valence electrons. The molecule has 1 N–H and O–H groups in total. The Labute approximate surface area is 149 Å². The average molecular weight is 351 g/mol. The van der Waals surface area contributed by atoms with Crippen LogP contribution in [0.3, 0.4) is 0 Å². The van der Waals surface area contributed by atoms with Crippen molar-refractivity contribution in [1.29, 1.82) is 0 Å². The Balaban J connectivity index is 1.68. The molecule has 2 aromatic carbocycles. The third-order valence-corrected chi connectivity index (χ3v) is 4.82. The summed E-state index contributed by atoms with van der Waals surface area (Å²) in [6.45, 7) is 1.39. The van der Waals surface area contributed by atoms with E-state index in [0.717, 1.165) is 44.5 Å². The first kappa shape index (κ1) is 15.8. The maximum absolute atomic E-state index is 5.68. The average Bonchev–Trinajstić information content (AvgIpc) is 3.28. The van der Waals surface area contributed by atoms with Crippen LogP contribution in [-0.2, 0) is 4.74 Å². The van der Waals surface area contributed by atoms with Gasteiger partial charge in [0, 0.05) is 24.8 Å². The molecule has 0 amide bonds. The van der Waals surface area contributed by atoms with E-state index in [1.54, 1.807) is 18.4 Å². The maximum Gasteiger partial charge on any atom is 0.183 e. The maximum atomic E-state index is 5.68. The van der Waals surface area contributed by atoms with Gasteiger partial charge in [0.25, 0.3) is 0 Å². The second kappa shape index (κ2) is 7.04.